The Kier molecular flexibility index (Phi) is 9.21. The molecule has 0 saturated heterocycles. The third-order valence-corrected chi connectivity index (χ3v) is 9.85. The van der Waals surface area contributed by atoms with E-state index in [1.807, 2.05) is 79.7 Å². The molecule has 1 N–H and O–H groups in total. The first-order valence-electron chi connectivity index (χ1n) is 14.4. The van der Waals surface area contributed by atoms with Crippen molar-refractivity contribution < 1.29 is 22.7 Å². The smallest absolute Gasteiger partial charge is 0.264 e. The summed E-state index contributed by atoms with van der Waals surface area (Å²) in [5, 5.41) is 0. The Morgan fingerprint density at radius 1 is 0.756 bits per heavy atom. The number of nitrogens with one attached hydrogen (secondary N) is 1. The lowest BCUT2D eigenvalue weighted by Crippen LogP contribution is -2.30. The SMILES string of the molecule is Cc1ccc(-c2ccc(C(=O)NS(=O)(=O)c3ccc(CN(CSc4ccccc4)Cc4ccc5c(c4)OCO5)cc3)cc2)cc1. The molecule has 0 aliphatic carbocycles. The van der Waals surface area contributed by atoms with Crippen LogP contribution in [-0.2, 0) is 23.1 Å². The molecule has 6 rings (SSSR count). The van der Waals surface area contributed by atoms with Gasteiger partial charge in [0.25, 0.3) is 15.9 Å². The van der Waals surface area contributed by atoms with Crippen molar-refractivity contribution in [3.8, 4) is 22.6 Å². The highest BCUT2D eigenvalue weighted by Crippen LogP contribution is 2.33. The maximum Gasteiger partial charge on any atom is 0.264 e. The minimum Gasteiger partial charge on any atom is -0.454 e. The third kappa shape index (κ3) is 7.75. The number of benzene rings is 5. The topological polar surface area (TPSA) is 84.9 Å². The summed E-state index contributed by atoms with van der Waals surface area (Å²) in [6.45, 7) is 3.50. The van der Waals surface area contributed by atoms with Crippen LogP contribution >= 0.6 is 11.8 Å². The number of thioether (sulfide) groups is 1. The van der Waals surface area contributed by atoms with E-state index in [0.717, 1.165) is 50.1 Å². The molecule has 0 bridgehead atoms. The van der Waals surface area contributed by atoms with Crippen molar-refractivity contribution in [3.63, 3.8) is 0 Å². The zero-order chi connectivity index (χ0) is 31.2. The second-order valence-electron chi connectivity index (χ2n) is 10.8. The molecule has 0 radical (unpaired) electrons. The molecule has 1 heterocycles. The quantitative estimate of drug-likeness (QED) is 0.121. The van der Waals surface area contributed by atoms with Gasteiger partial charge < -0.3 is 9.47 Å². The van der Waals surface area contributed by atoms with Gasteiger partial charge in [0.1, 0.15) is 0 Å². The Morgan fingerprint density at radius 2 is 1.38 bits per heavy atom. The van der Waals surface area contributed by atoms with Crippen LogP contribution in [0.4, 0.5) is 0 Å². The molecule has 1 amide bonds. The minimum atomic E-state index is -4.06. The van der Waals surface area contributed by atoms with E-state index in [-0.39, 0.29) is 17.3 Å². The van der Waals surface area contributed by atoms with Gasteiger partial charge >= 0.3 is 0 Å². The van der Waals surface area contributed by atoms with Gasteiger partial charge in [0.15, 0.2) is 11.5 Å². The molecule has 228 valence electrons. The highest BCUT2D eigenvalue weighted by molar-refractivity contribution is 7.99. The fourth-order valence-electron chi connectivity index (χ4n) is 4.96. The molecule has 0 saturated carbocycles. The normalized spacial score (nSPS) is 12.3. The van der Waals surface area contributed by atoms with Crippen molar-refractivity contribution in [3.05, 3.63) is 144 Å². The molecule has 5 aromatic rings. The highest BCUT2D eigenvalue weighted by Gasteiger charge is 2.20. The van der Waals surface area contributed by atoms with E-state index in [1.165, 1.54) is 12.1 Å². The van der Waals surface area contributed by atoms with E-state index in [0.29, 0.717) is 13.1 Å². The van der Waals surface area contributed by atoms with Crippen LogP contribution < -0.4 is 14.2 Å². The zero-order valence-corrected chi connectivity index (χ0v) is 26.3. The van der Waals surface area contributed by atoms with Gasteiger partial charge in [-0.3, -0.25) is 9.69 Å². The number of ether oxygens (including phenoxy) is 2. The van der Waals surface area contributed by atoms with Crippen LogP contribution in [-0.4, -0.2) is 31.9 Å². The predicted octanol–water partition coefficient (Wildman–Crippen LogP) is 7.26. The van der Waals surface area contributed by atoms with Crippen LogP contribution in [0.3, 0.4) is 0 Å². The number of carbonyl (C=O) groups excluding carboxylic acids is 1. The molecule has 7 nitrogen and oxygen atoms in total. The van der Waals surface area contributed by atoms with Crippen LogP contribution in [0.2, 0.25) is 0 Å². The summed E-state index contributed by atoms with van der Waals surface area (Å²) >= 11 is 1.73. The Balaban J connectivity index is 1.12. The average molecular weight is 637 g/mol. The highest BCUT2D eigenvalue weighted by atomic mass is 32.2. The monoisotopic (exact) mass is 636 g/mol. The van der Waals surface area contributed by atoms with Crippen LogP contribution in [0.5, 0.6) is 11.5 Å². The first-order chi connectivity index (χ1) is 21.8. The van der Waals surface area contributed by atoms with Gasteiger partial charge in [0.2, 0.25) is 6.79 Å². The fourth-order valence-corrected chi connectivity index (χ4v) is 6.80. The maximum absolute atomic E-state index is 13.1. The lowest BCUT2D eigenvalue weighted by atomic mass is 10.0. The molecule has 1 aliphatic heterocycles. The Morgan fingerprint density at radius 3 is 2.09 bits per heavy atom. The van der Waals surface area contributed by atoms with Crippen molar-refractivity contribution in [2.45, 2.75) is 29.8 Å². The number of rotatable bonds is 11. The second kappa shape index (κ2) is 13.6. The van der Waals surface area contributed by atoms with E-state index < -0.39 is 15.9 Å². The van der Waals surface area contributed by atoms with Gasteiger partial charge in [0.05, 0.1) is 4.90 Å². The fraction of sp³-hybridized carbons (Fsp3) is 0.139. The van der Waals surface area contributed by atoms with Gasteiger partial charge in [0, 0.05) is 29.4 Å². The molecule has 0 unspecified atom stereocenters. The first kappa shape index (κ1) is 30.5. The molecular weight excluding hydrogens is 605 g/mol. The number of amides is 1. The standard InChI is InChI=1S/C36H32N2O5S2/c1-26-7-12-29(13-8-26)30-14-16-31(17-15-30)36(39)37-45(40,41)33-18-9-27(10-19-33)22-38(24-44-32-5-3-2-4-6-32)23-28-11-20-34-35(21-28)43-25-42-34/h2-21H,22-25H2,1H3,(H,37,39). The lowest BCUT2D eigenvalue weighted by molar-refractivity contribution is 0.0981. The molecule has 0 aromatic heterocycles. The number of hydrogen-bond acceptors (Lipinski definition) is 7. The van der Waals surface area contributed by atoms with Gasteiger partial charge in [-0.1, -0.05) is 78.4 Å². The van der Waals surface area contributed by atoms with Crippen molar-refractivity contribution in [2.24, 2.45) is 0 Å². The summed E-state index contributed by atoms with van der Waals surface area (Å²) < 4.78 is 39.4. The van der Waals surface area contributed by atoms with Crippen LogP contribution in [0.1, 0.15) is 27.0 Å². The Hall–Kier alpha value is -4.57. The molecule has 0 atom stereocenters. The van der Waals surface area contributed by atoms with Gasteiger partial charge in [-0.05, 0) is 77.7 Å². The van der Waals surface area contributed by atoms with Crippen LogP contribution in [0.15, 0.2) is 131 Å². The number of hydrogen-bond donors (Lipinski definition) is 1. The molecule has 0 spiro atoms. The van der Waals surface area contributed by atoms with E-state index in [4.69, 9.17) is 9.47 Å². The van der Waals surface area contributed by atoms with Crippen molar-refractivity contribution >= 4 is 27.7 Å². The summed E-state index contributed by atoms with van der Waals surface area (Å²) in [4.78, 5) is 16.3. The average Bonchev–Trinajstić information content (AvgIpc) is 3.53. The second-order valence-corrected chi connectivity index (χ2v) is 13.5. The third-order valence-electron chi connectivity index (χ3n) is 7.40. The summed E-state index contributed by atoms with van der Waals surface area (Å²) in [5.41, 5.74) is 5.42. The van der Waals surface area contributed by atoms with Crippen molar-refractivity contribution in [1.82, 2.24) is 9.62 Å². The van der Waals surface area contributed by atoms with E-state index in [1.54, 1.807) is 36.0 Å². The largest absolute Gasteiger partial charge is 0.454 e. The molecule has 0 fully saturated rings. The Labute approximate surface area is 267 Å². The number of nitrogens with zero attached hydrogens (tertiary/aromatic N) is 1. The zero-order valence-electron chi connectivity index (χ0n) is 24.7. The predicted molar refractivity (Wildman–Crippen MR) is 177 cm³/mol. The maximum atomic E-state index is 13.1. The number of fused-ring (bicyclic) bond motifs is 1. The van der Waals surface area contributed by atoms with E-state index in [2.05, 4.69) is 21.8 Å². The molecule has 9 heteroatoms. The van der Waals surface area contributed by atoms with E-state index >= 15 is 0 Å². The van der Waals surface area contributed by atoms with Crippen LogP contribution in [0.25, 0.3) is 11.1 Å². The molecule has 45 heavy (non-hydrogen) atoms. The first-order valence-corrected chi connectivity index (χ1v) is 16.9. The Bertz CT molecular complexity index is 1880. The van der Waals surface area contributed by atoms with Crippen molar-refractivity contribution in [2.75, 3.05) is 12.7 Å². The van der Waals surface area contributed by atoms with Gasteiger partial charge in [-0.2, -0.15) is 0 Å². The molecular formula is C36H32N2O5S2. The number of aryl methyl sites for hydroxylation is 1. The summed E-state index contributed by atoms with van der Waals surface area (Å²) in [6.07, 6.45) is 0. The summed E-state index contributed by atoms with van der Waals surface area (Å²) in [7, 11) is -4.06. The summed E-state index contributed by atoms with van der Waals surface area (Å²) in [5.74, 6) is 1.52. The molecule has 1 aliphatic rings. The lowest BCUT2D eigenvalue weighted by Gasteiger charge is -2.22. The molecule has 5 aromatic carbocycles. The van der Waals surface area contributed by atoms with Gasteiger partial charge in [-0.15, -0.1) is 11.8 Å². The van der Waals surface area contributed by atoms with Gasteiger partial charge in [-0.25, -0.2) is 13.1 Å². The summed E-state index contributed by atoms with van der Waals surface area (Å²) in [6, 6.07) is 37.7. The van der Waals surface area contributed by atoms with E-state index in [9.17, 15) is 13.2 Å². The van der Waals surface area contributed by atoms with Crippen LogP contribution in [0, 0.1) is 6.92 Å². The minimum absolute atomic E-state index is 0.0249. The number of sulfonamides is 1. The van der Waals surface area contributed by atoms with Crippen molar-refractivity contribution in [1.29, 1.82) is 0 Å². The number of carbonyl (C=O) groups is 1.